The molecule has 108 valence electrons. The van der Waals surface area contributed by atoms with Crippen molar-refractivity contribution in [1.82, 2.24) is 24.1 Å². The van der Waals surface area contributed by atoms with Crippen LogP contribution in [0.2, 0.25) is 5.02 Å². The van der Waals surface area contributed by atoms with Crippen molar-refractivity contribution in [2.75, 3.05) is 0 Å². The highest BCUT2D eigenvalue weighted by Crippen LogP contribution is 2.17. The van der Waals surface area contributed by atoms with E-state index in [2.05, 4.69) is 15.1 Å². The van der Waals surface area contributed by atoms with E-state index in [-0.39, 0.29) is 5.56 Å². The highest BCUT2D eigenvalue weighted by Gasteiger charge is 2.13. The Labute approximate surface area is 129 Å². The lowest BCUT2D eigenvalue weighted by Gasteiger charge is -2.09. The second-order valence-corrected chi connectivity index (χ2v) is 5.34. The molecule has 0 saturated carbocycles. The Hall–Kier alpha value is -2.73. The van der Waals surface area contributed by atoms with Crippen LogP contribution in [0.4, 0.5) is 0 Å². The maximum absolute atomic E-state index is 12.8. The minimum absolute atomic E-state index is 0.165. The van der Waals surface area contributed by atoms with E-state index in [1.807, 2.05) is 12.1 Å². The van der Waals surface area contributed by atoms with Gasteiger partial charge in [0.1, 0.15) is 6.33 Å². The summed E-state index contributed by atoms with van der Waals surface area (Å²) in [7, 11) is 0. The Bertz CT molecular complexity index is 1080. The molecule has 3 aromatic heterocycles. The van der Waals surface area contributed by atoms with Gasteiger partial charge >= 0.3 is 0 Å². The van der Waals surface area contributed by atoms with Crippen molar-refractivity contribution in [3.8, 4) is 5.69 Å². The summed E-state index contributed by atoms with van der Waals surface area (Å²) < 4.78 is 3.11. The molecule has 0 aliphatic heterocycles. The van der Waals surface area contributed by atoms with Crippen LogP contribution in [0.5, 0.6) is 0 Å². The largest absolute Gasteiger partial charge is 0.284 e. The van der Waals surface area contributed by atoms with Gasteiger partial charge in [-0.3, -0.25) is 9.36 Å². The Balaban J connectivity index is 2.12. The first kappa shape index (κ1) is 13.0. The van der Waals surface area contributed by atoms with Crippen LogP contribution < -0.4 is 5.56 Å². The third-order valence-electron chi connectivity index (χ3n) is 3.54. The van der Waals surface area contributed by atoms with Crippen molar-refractivity contribution < 1.29 is 0 Å². The molecule has 0 fully saturated rings. The zero-order valence-corrected chi connectivity index (χ0v) is 12.3. The Kier molecular flexibility index (Phi) is 2.74. The van der Waals surface area contributed by atoms with E-state index in [1.54, 1.807) is 40.4 Å². The smallest absolute Gasteiger partial charge is 0.266 e. The highest BCUT2D eigenvalue weighted by molar-refractivity contribution is 6.30. The van der Waals surface area contributed by atoms with Gasteiger partial charge < -0.3 is 0 Å². The molecule has 0 N–H and O–H groups in total. The van der Waals surface area contributed by atoms with E-state index >= 15 is 0 Å². The molecule has 0 bridgehead atoms. The summed E-state index contributed by atoms with van der Waals surface area (Å²) in [6.45, 7) is 1.79. The zero-order valence-electron chi connectivity index (χ0n) is 11.6. The Morgan fingerprint density at radius 1 is 1.23 bits per heavy atom. The molecule has 6 nitrogen and oxygen atoms in total. The molecule has 1 aromatic carbocycles. The van der Waals surface area contributed by atoms with Gasteiger partial charge in [0.15, 0.2) is 0 Å². The summed E-state index contributed by atoms with van der Waals surface area (Å²) in [5.41, 5.74) is 1.85. The van der Waals surface area contributed by atoms with Crippen molar-refractivity contribution in [3.63, 3.8) is 0 Å². The van der Waals surface area contributed by atoms with Crippen LogP contribution in [0.1, 0.15) is 5.69 Å². The van der Waals surface area contributed by atoms with Crippen LogP contribution in [0, 0.1) is 6.92 Å². The van der Waals surface area contributed by atoms with Crippen molar-refractivity contribution in [1.29, 1.82) is 0 Å². The summed E-state index contributed by atoms with van der Waals surface area (Å²) in [6, 6.07) is 8.97. The van der Waals surface area contributed by atoms with Crippen LogP contribution in [-0.2, 0) is 0 Å². The lowest BCUT2D eigenvalue weighted by atomic mass is 10.2. The number of hydrogen-bond donors (Lipinski definition) is 0. The Morgan fingerprint density at radius 3 is 2.91 bits per heavy atom. The summed E-state index contributed by atoms with van der Waals surface area (Å²) in [6.07, 6.45) is 3.13. The van der Waals surface area contributed by atoms with Gasteiger partial charge in [0.2, 0.25) is 0 Å². The second-order valence-electron chi connectivity index (χ2n) is 4.90. The van der Waals surface area contributed by atoms with Crippen LogP contribution in [-0.4, -0.2) is 24.1 Å². The fraction of sp³-hybridized carbons (Fsp3) is 0.0667. The number of aromatic nitrogens is 5. The molecule has 0 saturated heterocycles. The lowest BCUT2D eigenvalue weighted by molar-refractivity contribution is 0.949. The number of aryl methyl sites for hydroxylation is 1. The minimum Gasteiger partial charge on any atom is -0.284 e. The normalized spacial score (nSPS) is 11.4. The van der Waals surface area contributed by atoms with E-state index in [4.69, 9.17) is 11.6 Å². The molecule has 4 aromatic rings. The van der Waals surface area contributed by atoms with E-state index in [1.165, 1.54) is 6.33 Å². The van der Waals surface area contributed by atoms with Crippen molar-refractivity contribution in [2.24, 2.45) is 0 Å². The number of fused-ring (bicyclic) bond motifs is 3. The molecule has 0 radical (unpaired) electrons. The molecule has 7 heteroatoms. The minimum atomic E-state index is -0.165. The summed E-state index contributed by atoms with van der Waals surface area (Å²) in [4.78, 5) is 21.2. The average Bonchev–Trinajstić information content (AvgIpc) is 2.95. The molecular weight excluding hydrogens is 302 g/mol. The van der Waals surface area contributed by atoms with Crippen LogP contribution >= 0.6 is 11.6 Å². The predicted molar refractivity (Wildman–Crippen MR) is 83.6 cm³/mol. The van der Waals surface area contributed by atoms with Crippen molar-refractivity contribution in [3.05, 3.63) is 63.9 Å². The van der Waals surface area contributed by atoms with Gasteiger partial charge in [0.25, 0.3) is 11.3 Å². The third kappa shape index (κ3) is 1.81. The van der Waals surface area contributed by atoms with Gasteiger partial charge in [0, 0.05) is 11.2 Å². The first-order valence-electron chi connectivity index (χ1n) is 6.63. The van der Waals surface area contributed by atoms with Crippen LogP contribution in [0.25, 0.3) is 22.4 Å². The fourth-order valence-corrected chi connectivity index (χ4v) is 2.74. The molecule has 0 amide bonds. The maximum atomic E-state index is 12.8. The quantitative estimate of drug-likeness (QED) is 0.541. The first-order chi connectivity index (χ1) is 10.6. The van der Waals surface area contributed by atoms with Gasteiger partial charge in [0.05, 0.1) is 22.3 Å². The molecule has 3 heterocycles. The lowest BCUT2D eigenvalue weighted by Crippen LogP contribution is -2.20. The first-order valence-corrected chi connectivity index (χ1v) is 7.00. The molecule has 0 aliphatic carbocycles. The molecular formula is C15H10ClN5O. The molecule has 0 spiro atoms. The van der Waals surface area contributed by atoms with Gasteiger partial charge in [-0.2, -0.15) is 14.6 Å². The number of hydrogen-bond acceptors (Lipinski definition) is 4. The topological polar surface area (TPSA) is 65.1 Å². The van der Waals surface area contributed by atoms with E-state index in [9.17, 15) is 4.79 Å². The molecule has 4 rings (SSSR count). The zero-order chi connectivity index (χ0) is 15.3. The standard InChI is InChI=1S/C15H10ClN5O/c1-9-13-12(21-15(19-9)17-8-18-21)5-6-20(14(13)22)11-4-2-3-10(16)7-11/h2-8H,1H3. The average molecular weight is 312 g/mol. The van der Waals surface area contributed by atoms with E-state index in [0.717, 1.165) is 0 Å². The number of benzene rings is 1. The third-order valence-corrected chi connectivity index (χ3v) is 3.78. The second kappa shape index (κ2) is 4.64. The number of halogens is 1. The fourth-order valence-electron chi connectivity index (χ4n) is 2.56. The van der Waals surface area contributed by atoms with Gasteiger partial charge in [-0.05, 0) is 31.2 Å². The molecule has 22 heavy (non-hydrogen) atoms. The monoisotopic (exact) mass is 311 g/mol. The maximum Gasteiger partial charge on any atom is 0.266 e. The van der Waals surface area contributed by atoms with Gasteiger partial charge in [-0.15, -0.1) is 0 Å². The van der Waals surface area contributed by atoms with Crippen LogP contribution in [0.15, 0.2) is 47.7 Å². The number of pyridine rings is 1. The van der Waals surface area contributed by atoms with Crippen LogP contribution in [0.3, 0.4) is 0 Å². The van der Waals surface area contributed by atoms with E-state index < -0.39 is 0 Å². The highest BCUT2D eigenvalue weighted by atomic mass is 35.5. The summed E-state index contributed by atoms with van der Waals surface area (Å²) in [5.74, 6) is 0.477. The summed E-state index contributed by atoms with van der Waals surface area (Å²) >= 11 is 6.01. The SMILES string of the molecule is Cc1nc2ncnn2c2ccn(-c3cccc(Cl)c3)c(=O)c12. The van der Waals surface area contributed by atoms with Gasteiger partial charge in [-0.25, -0.2) is 4.98 Å². The van der Waals surface area contributed by atoms with E-state index in [0.29, 0.717) is 33.1 Å². The Morgan fingerprint density at radius 2 is 2.09 bits per heavy atom. The van der Waals surface area contributed by atoms with Gasteiger partial charge in [-0.1, -0.05) is 17.7 Å². The number of rotatable bonds is 1. The molecule has 0 unspecified atom stereocenters. The number of nitrogens with zero attached hydrogens (tertiary/aromatic N) is 5. The summed E-state index contributed by atoms with van der Waals surface area (Å²) in [5, 5.41) is 5.21. The predicted octanol–water partition coefficient (Wildman–Crippen LogP) is 2.39. The van der Waals surface area contributed by atoms with Crippen molar-refractivity contribution >= 4 is 28.3 Å². The molecule has 0 atom stereocenters. The van der Waals surface area contributed by atoms with Crippen molar-refractivity contribution in [2.45, 2.75) is 6.92 Å². The molecule has 0 aliphatic rings.